The maximum Gasteiger partial charge on any atom is 0.269 e. The number of benzene rings is 3. The highest BCUT2D eigenvalue weighted by atomic mass is 16.5. The summed E-state index contributed by atoms with van der Waals surface area (Å²) in [6.45, 7) is 0.458. The Balaban J connectivity index is 1.51. The Morgan fingerprint density at radius 3 is 1.73 bits per heavy atom. The molecule has 0 unspecified atom stereocenters. The van der Waals surface area contributed by atoms with Crippen LogP contribution in [0.1, 0.15) is 26.3 Å². The fourth-order valence-corrected chi connectivity index (χ4v) is 2.29. The van der Waals surface area contributed by atoms with Crippen molar-refractivity contribution in [1.29, 1.82) is 0 Å². The molecule has 3 aromatic rings. The molecule has 0 aliphatic heterocycles. The zero-order valence-corrected chi connectivity index (χ0v) is 14.0. The predicted molar refractivity (Wildman–Crippen MR) is 98.6 cm³/mol. The molecule has 3 rings (SSSR count). The Labute approximate surface area is 151 Å². The van der Waals surface area contributed by atoms with E-state index in [0.717, 1.165) is 5.56 Å². The Morgan fingerprint density at radius 1 is 0.654 bits per heavy atom. The van der Waals surface area contributed by atoms with Crippen molar-refractivity contribution in [3.63, 3.8) is 0 Å². The molecule has 5 heteroatoms. The highest BCUT2D eigenvalue weighted by molar-refractivity contribution is 5.99. The van der Waals surface area contributed by atoms with Crippen LogP contribution in [-0.2, 0) is 6.61 Å². The van der Waals surface area contributed by atoms with Crippen LogP contribution in [0, 0.1) is 0 Å². The van der Waals surface area contributed by atoms with E-state index in [1.54, 1.807) is 48.5 Å². The van der Waals surface area contributed by atoms with Crippen LogP contribution in [0.5, 0.6) is 5.75 Å². The van der Waals surface area contributed by atoms with Crippen molar-refractivity contribution in [2.45, 2.75) is 6.61 Å². The third-order valence-corrected chi connectivity index (χ3v) is 3.69. The molecule has 26 heavy (non-hydrogen) atoms. The third kappa shape index (κ3) is 4.70. The molecule has 2 N–H and O–H groups in total. The minimum Gasteiger partial charge on any atom is -0.489 e. The third-order valence-electron chi connectivity index (χ3n) is 3.69. The summed E-state index contributed by atoms with van der Waals surface area (Å²) in [7, 11) is 0. The van der Waals surface area contributed by atoms with Gasteiger partial charge >= 0.3 is 0 Å². The molecule has 130 valence electrons. The first kappa shape index (κ1) is 17.2. The Bertz CT molecular complexity index is 863. The number of rotatable bonds is 5. The number of hydrazine groups is 1. The second kappa shape index (κ2) is 8.48. The molecule has 0 aromatic heterocycles. The van der Waals surface area contributed by atoms with Gasteiger partial charge < -0.3 is 4.74 Å². The number of carbonyl (C=O) groups is 2. The van der Waals surface area contributed by atoms with Crippen molar-refractivity contribution < 1.29 is 14.3 Å². The maximum absolute atomic E-state index is 12.1. The molecule has 0 radical (unpaired) electrons. The van der Waals surface area contributed by atoms with Crippen molar-refractivity contribution >= 4 is 11.8 Å². The van der Waals surface area contributed by atoms with E-state index in [9.17, 15) is 9.59 Å². The Morgan fingerprint density at radius 2 is 1.15 bits per heavy atom. The van der Waals surface area contributed by atoms with Gasteiger partial charge in [-0.25, -0.2) is 0 Å². The second-order valence-corrected chi connectivity index (χ2v) is 5.57. The van der Waals surface area contributed by atoms with Gasteiger partial charge in [-0.15, -0.1) is 0 Å². The lowest BCUT2D eigenvalue weighted by Gasteiger charge is -2.09. The standard InChI is InChI=1S/C21H18N2O3/c24-20(17-9-5-2-6-10-17)22-23-21(25)18-11-13-19(14-12-18)26-15-16-7-3-1-4-8-16/h1-14H,15H2,(H,22,24)(H,23,25). The molecule has 0 heterocycles. The van der Waals surface area contributed by atoms with E-state index in [4.69, 9.17) is 4.74 Å². The summed E-state index contributed by atoms with van der Waals surface area (Å²) in [5, 5.41) is 0. The molecule has 0 atom stereocenters. The van der Waals surface area contributed by atoms with Gasteiger partial charge in [-0.1, -0.05) is 48.5 Å². The molecule has 3 aromatic carbocycles. The van der Waals surface area contributed by atoms with Crippen LogP contribution in [0.2, 0.25) is 0 Å². The van der Waals surface area contributed by atoms with E-state index >= 15 is 0 Å². The molecular weight excluding hydrogens is 328 g/mol. The van der Waals surface area contributed by atoms with Crippen LogP contribution in [-0.4, -0.2) is 11.8 Å². The van der Waals surface area contributed by atoms with E-state index < -0.39 is 5.91 Å². The van der Waals surface area contributed by atoms with E-state index in [2.05, 4.69) is 10.9 Å². The number of hydrogen-bond acceptors (Lipinski definition) is 3. The zero-order chi connectivity index (χ0) is 18.2. The SMILES string of the molecule is O=C(NNC(=O)c1ccc(OCc2ccccc2)cc1)c1ccccc1. The van der Waals surface area contributed by atoms with Gasteiger partial charge in [-0.2, -0.15) is 0 Å². The summed E-state index contributed by atoms with van der Waals surface area (Å²) in [6.07, 6.45) is 0. The van der Waals surface area contributed by atoms with E-state index in [-0.39, 0.29) is 5.91 Å². The molecule has 0 spiro atoms. The number of nitrogens with one attached hydrogen (secondary N) is 2. The summed E-state index contributed by atoms with van der Waals surface area (Å²) < 4.78 is 5.68. The lowest BCUT2D eigenvalue weighted by molar-refractivity contribution is 0.0846. The smallest absolute Gasteiger partial charge is 0.269 e. The van der Waals surface area contributed by atoms with E-state index in [1.807, 2.05) is 36.4 Å². The monoisotopic (exact) mass is 346 g/mol. The molecule has 0 aliphatic carbocycles. The first-order valence-corrected chi connectivity index (χ1v) is 8.15. The van der Waals surface area contributed by atoms with Gasteiger partial charge in [0.25, 0.3) is 11.8 Å². The molecule has 2 amide bonds. The maximum atomic E-state index is 12.1. The highest BCUT2D eigenvalue weighted by Crippen LogP contribution is 2.14. The largest absolute Gasteiger partial charge is 0.489 e. The lowest BCUT2D eigenvalue weighted by Crippen LogP contribution is -2.41. The topological polar surface area (TPSA) is 67.4 Å². The van der Waals surface area contributed by atoms with Gasteiger partial charge in [0.15, 0.2) is 0 Å². The Kier molecular flexibility index (Phi) is 5.62. The molecule has 0 aliphatic rings. The number of hydrogen-bond donors (Lipinski definition) is 2. The van der Waals surface area contributed by atoms with Gasteiger partial charge in [-0.05, 0) is 42.0 Å². The number of amides is 2. The van der Waals surface area contributed by atoms with Crippen molar-refractivity contribution in [3.05, 3.63) is 102 Å². The van der Waals surface area contributed by atoms with Gasteiger partial charge in [0.1, 0.15) is 12.4 Å². The molecule has 0 bridgehead atoms. The summed E-state index contributed by atoms with van der Waals surface area (Å²) in [6, 6.07) is 25.2. The zero-order valence-electron chi connectivity index (χ0n) is 14.0. The van der Waals surface area contributed by atoms with Crippen molar-refractivity contribution in [2.24, 2.45) is 0 Å². The van der Waals surface area contributed by atoms with Crippen LogP contribution in [0.3, 0.4) is 0 Å². The fraction of sp³-hybridized carbons (Fsp3) is 0.0476. The number of ether oxygens (including phenoxy) is 1. The molecule has 0 saturated carbocycles. The summed E-state index contributed by atoms with van der Waals surface area (Å²) in [4.78, 5) is 24.0. The minimum atomic E-state index is -0.399. The van der Waals surface area contributed by atoms with Crippen molar-refractivity contribution in [1.82, 2.24) is 10.9 Å². The summed E-state index contributed by atoms with van der Waals surface area (Å²) in [5.74, 6) is -0.107. The lowest BCUT2D eigenvalue weighted by atomic mass is 10.2. The molecule has 0 fully saturated rings. The molecule has 5 nitrogen and oxygen atoms in total. The van der Waals surface area contributed by atoms with Crippen LogP contribution in [0.4, 0.5) is 0 Å². The average molecular weight is 346 g/mol. The highest BCUT2D eigenvalue weighted by Gasteiger charge is 2.09. The quantitative estimate of drug-likeness (QED) is 0.696. The fourth-order valence-electron chi connectivity index (χ4n) is 2.29. The van der Waals surface area contributed by atoms with Crippen LogP contribution in [0.15, 0.2) is 84.9 Å². The second-order valence-electron chi connectivity index (χ2n) is 5.57. The first-order valence-electron chi connectivity index (χ1n) is 8.15. The average Bonchev–Trinajstić information content (AvgIpc) is 2.72. The van der Waals surface area contributed by atoms with Crippen LogP contribution < -0.4 is 15.6 Å². The Hall–Kier alpha value is -3.60. The summed E-state index contributed by atoms with van der Waals surface area (Å²) in [5.41, 5.74) is 6.74. The first-order chi connectivity index (χ1) is 12.7. The van der Waals surface area contributed by atoms with Gasteiger partial charge in [0, 0.05) is 11.1 Å². The van der Waals surface area contributed by atoms with Crippen molar-refractivity contribution in [2.75, 3.05) is 0 Å². The van der Waals surface area contributed by atoms with Gasteiger partial charge in [0.05, 0.1) is 0 Å². The van der Waals surface area contributed by atoms with Crippen LogP contribution in [0.25, 0.3) is 0 Å². The molecular formula is C21H18N2O3. The minimum absolute atomic E-state index is 0.373. The normalized spacial score (nSPS) is 10.0. The predicted octanol–water partition coefficient (Wildman–Crippen LogP) is 3.34. The van der Waals surface area contributed by atoms with Gasteiger partial charge in [0.2, 0.25) is 0 Å². The van der Waals surface area contributed by atoms with E-state index in [1.165, 1.54) is 0 Å². The van der Waals surface area contributed by atoms with Crippen molar-refractivity contribution in [3.8, 4) is 5.75 Å². The van der Waals surface area contributed by atoms with Gasteiger partial charge in [-0.3, -0.25) is 20.4 Å². The number of carbonyl (C=O) groups excluding carboxylic acids is 2. The molecule has 0 saturated heterocycles. The van der Waals surface area contributed by atoms with E-state index in [0.29, 0.717) is 23.5 Å². The summed E-state index contributed by atoms with van der Waals surface area (Å²) >= 11 is 0. The van der Waals surface area contributed by atoms with Crippen LogP contribution >= 0.6 is 0 Å².